The summed E-state index contributed by atoms with van der Waals surface area (Å²) in [7, 11) is 2.04. The summed E-state index contributed by atoms with van der Waals surface area (Å²) in [4.78, 5) is 6.64. The molecular weight excluding hydrogens is 257 g/mol. The standard InChI is InChI=1S/C14H18FN5/c1-19(12-6-10-3-4-11(7-12)16-10)14-17-13-5-2-9(15)8-20(13)18-14/h2,5,8,10-12,16H,3-4,6-7H2,1H3. The predicted octanol–water partition coefficient (Wildman–Crippen LogP) is 1.59. The molecule has 106 valence electrons. The molecule has 1 N–H and O–H groups in total. The summed E-state index contributed by atoms with van der Waals surface area (Å²) < 4.78 is 14.7. The molecule has 2 unspecified atom stereocenters. The smallest absolute Gasteiger partial charge is 0.245 e. The van der Waals surface area contributed by atoms with Gasteiger partial charge in [0.25, 0.3) is 0 Å². The molecule has 2 aromatic heterocycles. The molecule has 4 rings (SSSR count). The van der Waals surface area contributed by atoms with E-state index in [4.69, 9.17) is 0 Å². The van der Waals surface area contributed by atoms with Crippen LogP contribution in [0.4, 0.5) is 10.3 Å². The quantitative estimate of drug-likeness (QED) is 0.904. The predicted molar refractivity (Wildman–Crippen MR) is 74.3 cm³/mol. The van der Waals surface area contributed by atoms with E-state index in [0.717, 1.165) is 12.8 Å². The minimum Gasteiger partial charge on any atom is -0.339 e. The second-order valence-corrected chi connectivity index (χ2v) is 5.94. The van der Waals surface area contributed by atoms with Crippen LogP contribution in [0.2, 0.25) is 0 Å². The first-order valence-electron chi connectivity index (χ1n) is 7.20. The number of fused-ring (bicyclic) bond motifs is 3. The molecule has 2 bridgehead atoms. The molecule has 2 fully saturated rings. The molecule has 2 aliphatic rings. The van der Waals surface area contributed by atoms with Gasteiger partial charge in [0.15, 0.2) is 5.65 Å². The van der Waals surface area contributed by atoms with E-state index in [2.05, 4.69) is 20.3 Å². The number of hydrogen-bond donors (Lipinski definition) is 1. The van der Waals surface area contributed by atoms with Crippen LogP contribution in [0.5, 0.6) is 0 Å². The van der Waals surface area contributed by atoms with Crippen LogP contribution in [-0.4, -0.2) is 39.8 Å². The Balaban J connectivity index is 1.61. The van der Waals surface area contributed by atoms with Gasteiger partial charge in [-0.25, -0.2) is 8.91 Å². The minimum absolute atomic E-state index is 0.295. The van der Waals surface area contributed by atoms with Crippen molar-refractivity contribution in [1.82, 2.24) is 19.9 Å². The average Bonchev–Trinajstić information content (AvgIpc) is 3.00. The second kappa shape index (κ2) is 4.41. The lowest BCUT2D eigenvalue weighted by Gasteiger charge is -2.34. The minimum atomic E-state index is -0.295. The van der Waals surface area contributed by atoms with Gasteiger partial charge in [0.1, 0.15) is 5.82 Å². The van der Waals surface area contributed by atoms with Crippen LogP contribution < -0.4 is 10.2 Å². The molecule has 0 aliphatic carbocycles. The van der Waals surface area contributed by atoms with Crippen molar-refractivity contribution in [2.75, 3.05) is 11.9 Å². The average molecular weight is 275 g/mol. The topological polar surface area (TPSA) is 45.5 Å². The number of hydrogen-bond acceptors (Lipinski definition) is 4. The first-order valence-corrected chi connectivity index (χ1v) is 7.20. The summed E-state index contributed by atoms with van der Waals surface area (Å²) in [6.45, 7) is 0. The van der Waals surface area contributed by atoms with Crippen molar-refractivity contribution in [3.05, 3.63) is 24.1 Å². The van der Waals surface area contributed by atoms with Gasteiger partial charge in [-0.3, -0.25) is 0 Å². The van der Waals surface area contributed by atoms with Gasteiger partial charge in [-0.2, -0.15) is 4.98 Å². The summed E-state index contributed by atoms with van der Waals surface area (Å²) in [6.07, 6.45) is 6.19. The number of piperidine rings is 1. The highest BCUT2D eigenvalue weighted by Crippen LogP contribution is 2.30. The van der Waals surface area contributed by atoms with Crippen LogP contribution in [0, 0.1) is 5.82 Å². The number of nitrogens with zero attached hydrogens (tertiary/aromatic N) is 4. The fourth-order valence-corrected chi connectivity index (χ4v) is 3.50. The largest absolute Gasteiger partial charge is 0.339 e. The van der Waals surface area contributed by atoms with Crippen LogP contribution in [0.15, 0.2) is 18.3 Å². The molecule has 5 nitrogen and oxygen atoms in total. The van der Waals surface area contributed by atoms with Crippen molar-refractivity contribution in [3.8, 4) is 0 Å². The highest BCUT2D eigenvalue weighted by Gasteiger charge is 2.35. The van der Waals surface area contributed by atoms with Gasteiger partial charge in [0, 0.05) is 25.2 Å². The van der Waals surface area contributed by atoms with E-state index in [1.54, 1.807) is 6.07 Å². The lowest BCUT2D eigenvalue weighted by Crippen LogP contribution is -2.47. The molecule has 2 aromatic rings. The maximum Gasteiger partial charge on any atom is 0.245 e. The lowest BCUT2D eigenvalue weighted by molar-refractivity contribution is 0.353. The van der Waals surface area contributed by atoms with Crippen molar-refractivity contribution >= 4 is 11.6 Å². The van der Waals surface area contributed by atoms with E-state index in [-0.39, 0.29) is 5.82 Å². The highest BCUT2D eigenvalue weighted by atomic mass is 19.1. The van der Waals surface area contributed by atoms with Crippen molar-refractivity contribution in [2.45, 2.75) is 43.8 Å². The summed E-state index contributed by atoms with van der Waals surface area (Å²) in [6, 6.07) is 4.81. The summed E-state index contributed by atoms with van der Waals surface area (Å²) >= 11 is 0. The molecule has 2 aliphatic heterocycles. The Morgan fingerprint density at radius 1 is 1.30 bits per heavy atom. The third-order valence-electron chi connectivity index (χ3n) is 4.60. The zero-order valence-electron chi connectivity index (χ0n) is 11.5. The van der Waals surface area contributed by atoms with Crippen LogP contribution in [0.3, 0.4) is 0 Å². The van der Waals surface area contributed by atoms with Crippen LogP contribution >= 0.6 is 0 Å². The fourth-order valence-electron chi connectivity index (χ4n) is 3.50. The molecule has 6 heteroatoms. The van der Waals surface area contributed by atoms with Crippen molar-refractivity contribution in [2.24, 2.45) is 0 Å². The molecule has 0 amide bonds. The van der Waals surface area contributed by atoms with Gasteiger partial charge in [0.2, 0.25) is 5.95 Å². The van der Waals surface area contributed by atoms with Gasteiger partial charge in [-0.05, 0) is 37.8 Å². The Kier molecular flexibility index (Phi) is 2.66. The number of halogens is 1. The number of anilines is 1. The van der Waals surface area contributed by atoms with Crippen LogP contribution in [0.25, 0.3) is 5.65 Å². The van der Waals surface area contributed by atoms with E-state index >= 15 is 0 Å². The Bertz CT molecular complexity index is 628. The molecular formula is C14H18FN5. The van der Waals surface area contributed by atoms with E-state index in [0.29, 0.717) is 29.7 Å². The molecule has 0 spiro atoms. The molecule has 4 heterocycles. The van der Waals surface area contributed by atoms with Gasteiger partial charge >= 0.3 is 0 Å². The van der Waals surface area contributed by atoms with E-state index in [1.165, 1.54) is 29.6 Å². The third kappa shape index (κ3) is 1.95. The van der Waals surface area contributed by atoms with Gasteiger partial charge < -0.3 is 10.2 Å². The molecule has 0 saturated carbocycles. The maximum atomic E-state index is 13.2. The summed E-state index contributed by atoms with van der Waals surface area (Å²) in [5.41, 5.74) is 0.685. The zero-order valence-corrected chi connectivity index (χ0v) is 11.5. The number of nitrogens with one attached hydrogen (secondary N) is 1. The Labute approximate surface area is 116 Å². The van der Waals surface area contributed by atoms with E-state index < -0.39 is 0 Å². The van der Waals surface area contributed by atoms with Crippen molar-refractivity contribution < 1.29 is 4.39 Å². The number of pyridine rings is 1. The molecule has 20 heavy (non-hydrogen) atoms. The molecule has 2 atom stereocenters. The monoisotopic (exact) mass is 275 g/mol. The van der Waals surface area contributed by atoms with E-state index in [9.17, 15) is 4.39 Å². The molecule has 0 aromatic carbocycles. The normalized spacial score (nSPS) is 29.0. The molecule has 2 saturated heterocycles. The third-order valence-corrected chi connectivity index (χ3v) is 4.60. The van der Waals surface area contributed by atoms with E-state index in [1.807, 2.05) is 7.05 Å². The second-order valence-electron chi connectivity index (χ2n) is 5.94. The zero-order chi connectivity index (χ0) is 13.7. The van der Waals surface area contributed by atoms with Crippen LogP contribution in [0.1, 0.15) is 25.7 Å². The Morgan fingerprint density at radius 2 is 2.05 bits per heavy atom. The summed E-state index contributed by atoms with van der Waals surface area (Å²) in [5, 5.41) is 8.03. The Hall–Kier alpha value is -1.69. The molecule has 0 radical (unpaired) electrons. The fraction of sp³-hybridized carbons (Fsp3) is 0.571. The van der Waals surface area contributed by atoms with Gasteiger partial charge in [0.05, 0.1) is 6.20 Å². The first kappa shape index (κ1) is 12.1. The van der Waals surface area contributed by atoms with Gasteiger partial charge in [-0.1, -0.05) is 0 Å². The van der Waals surface area contributed by atoms with Crippen molar-refractivity contribution in [3.63, 3.8) is 0 Å². The summed E-state index contributed by atoms with van der Waals surface area (Å²) in [5.74, 6) is 0.387. The first-order chi connectivity index (χ1) is 9.69. The lowest BCUT2D eigenvalue weighted by atomic mass is 9.99. The number of rotatable bonds is 2. The van der Waals surface area contributed by atoms with Crippen molar-refractivity contribution in [1.29, 1.82) is 0 Å². The van der Waals surface area contributed by atoms with Crippen LogP contribution in [-0.2, 0) is 0 Å². The van der Waals surface area contributed by atoms with Gasteiger partial charge in [-0.15, -0.1) is 5.10 Å². The maximum absolute atomic E-state index is 13.2. The SMILES string of the molecule is CN(c1nc2ccc(F)cn2n1)C1CC2CCC(C1)N2. The highest BCUT2D eigenvalue weighted by molar-refractivity contribution is 5.44. The number of aromatic nitrogens is 3. The Morgan fingerprint density at radius 3 is 2.80 bits per heavy atom.